The van der Waals surface area contributed by atoms with Crippen molar-refractivity contribution in [2.24, 2.45) is 0 Å². The fraction of sp³-hybridized carbons (Fsp3) is 0.538. The Bertz CT molecular complexity index is 264. The molecular weight excluding hydrogens is 184 g/mol. The summed E-state index contributed by atoms with van der Waals surface area (Å²) < 4.78 is 0. The van der Waals surface area contributed by atoms with Crippen molar-refractivity contribution in [3.63, 3.8) is 0 Å². The molecule has 0 saturated carbocycles. The van der Waals surface area contributed by atoms with Crippen molar-refractivity contribution in [1.29, 1.82) is 0 Å². The van der Waals surface area contributed by atoms with E-state index >= 15 is 0 Å². The molecule has 0 bridgehead atoms. The van der Waals surface area contributed by atoms with Crippen LogP contribution in [0.25, 0.3) is 0 Å². The second-order valence-electron chi connectivity index (χ2n) is 4.06. The van der Waals surface area contributed by atoms with Crippen molar-refractivity contribution in [2.75, 3.05) is 32.1 Å². The average Bonchev–Trinajstić information content (AvgIpc) is 2.25. The van der Waals surface area contributed by atoms with E-state index in [0.717, 1.165) is 19.5 Å². The highest BCUT2D eigenvalue weighted by atomic mass is 15.1. The van der Waals surface area contributed by atoms with Gasteiger partial charge in [0.05, 0.1) is 0 Å². The standard InChI is InChI=1S/C13H22N2/c1-4-10-14-11-9-12-5-7-13(8-6-12)15(2)3/h5-8,14H,4,9-11H2,1-3H3. The van der Waals surface area contributed by atoms with Gasteiger partial charge in [0.2, 0.25) is 0 Å². The van der Waals surface area contributed by atoms with Gasteiger partial charge in [0, 0.05) is 19.8 Å². The lowest BCUT2D eigenvalue weighted by Crippen LogP contribution is -2.17. The van der Waals surface area contributed by atoms with Crippen LogP contribution in [0.1, 0.15) is 18.9 Å². The van der Waals surface area contributed by atoms with Crippen LogP contribution in [0.2, 0.25) is 0 Å². The van der Waals surface area contributed by atoms with E-state index in [1.165, 1.54) is 17.7 Å². The van der Waals surface area contributed by atoms with E-state index in [4.69, 9.17) is 0 Å². The molecule has 2 nitrogen and oxygen atoms in total. The Kier molecular flexibility index (Phi) is 5.19. The Hall–Kier alpha value is -1.02. The predicted octanol–water partition coefficient (Wildman–Crippen LogP) is 2.29. The third kappa shape index (κ3) is 4.34. The number of nitrogens with one attached hydrogen (secondary N) is 1. The molecule has 1 N–H and O–H groups in total. The third-order valence-corrected chi connectivity index (χ3v) is 2.47. The van der Waals surface area contributed by atoms with Crippen LogP contribution < -0.4 is 10.2 Å². The normalized spacial score (nSPS) is 10.3. The van der Waals surface area contributed by atoms with Crippen LogP contribution in [-0.4, -0.2) is 27.2 Å². The van der Waals surface area contributed by atoms with Gasteiger partial charge >= 0.3 is 0 Å². The van der Waals surface area contributed by atoms with Gasteiger partial charge in [-0.2, -0.15) is 0 Å². The summed E-state index contributed by atoms with van der Waals surface area (Å²) in [6.45, 7) is 4.39. The number of hydrogen-bond donors (Lipinski definition) is 1. The summed E-state index contributed by atoms with van der Waals surface area (Å²) in [7, 11) is 4.13. The van der Waals surface area contributed by atoms with Crippen LogP contribution >= 0.6 is 0 Å². The first kappa shape index (κ1) is 12.1. The maximum Gasteiger partial charge on any atom is 0.0361 e. The van der Waals surface area contributed by atoms with Crippen LogP contribution in [-0.2, 0) is 6.42 Å². The van der Waals surface area contributed by atoms with Gasteiger partial charge in [-0.05, 0) is 43.6 Å². The van der Waals surface area contributed by atoms with Gasteiger partial charge in [-0.25, -0.2) is 0 Å². The van der Waals surface area contributed by atoms with Gasteiger partial charge < -0.3 is 10.2 Å². The van der Waals surface area contributed by atoms with Crippen molar-refractivity contribution >= 4 is 5.69 Å². The number of anilines is 1. The quantitative estimate of drug-likeness (QED) is 0.718. The molecule has 2 heteroatoms. The molecule has 0 radical (unpaired) electrons. The Morgan fingerprint density at radius 2 is 1.73 bits per heavy atom. The lowest BCUT2D eigenvalue weighted by molar-refractivity contribution is 0.671. The van der Waals surface area contributed by atoms with E-state index in [2.05, 4.69) is 55.5 Å². The van der Waals surface area contributed by atoms with Crippen LogP contribution in [0.3, 0.4) is 0 Å². The van der Waals surface area contributed by atoms with E-state index in [1.54, 1.807) is 0 Å². The predicted molar refractivity (Wildman–Crippen MR) is 67.6 cm³/mol. The molecule has 0 fully saturated rings. The van der Waals surface area contributed by atoms with Gasteiger partial charge in [-0.1, -0.05) is 19.1 Å². The van der Waals surface area contributed by atoms with Gasteiger partial charge in [0.1, 0.15) is 0 Å². The zero-order chi connectivity index (χ0) is 11.1. The summed E-state index contributed by atoms with van der Waals surface area (Å²) in [6.07, 6.45) is 2.33. The van der Waals surface area contributed by atoms with Gasteiger partial charge in [-0.3, -0.25) is 0 Å². The van der Waals surface area contributed by atoms with Crippen LogP contribution in [0.4, 0.5) is 5.69 Å². The minimum absolute atomic E-state index is 1.08. The third-order valence-electron chi connectivity index (χ3n) is 2.47. The summed E-state index contributed by atoms with van der Waals surface area (Å²) in [6, 6.07) is 8.77. The zero-order valence-corrected chi connectivity index (χ0v) is 10.1. The first-order chi connectivity index (χ1) is 7.24. The molecular formula is C13H22N2. The molecule has 0 aliphatic carbocycles. The minimum Gasteiger partial charge on any atom is -0.378 e. The summed E-state index contributed by atoms with van der Waals surface area (Å²) in [5.74, 6) is 0. The summed E-state index contributed by atoms with van der Waals surface area (Å²) in [4.78, 5) is 2.12. The first-order valence-electron chi connectivity index (χ1n) is 5.71. The maximum absolute atomic E-state index is 3.41. The van der Waals surface area contributed by atoms with Crippen molar-refractivity contribution in [1.82, 2.24) is 5.32 Å². The van der Waals surface area contributed by atoms with Gasteiger partial charge in [-0.15, -0.1) is 0 Å². The Balaban J connectivity index is 2.36. The van der Waals surface area contributed by atoms with Crippen molar-refractivity contribution in [3.05, 3.63) is 29.8 Å². The molecule has 0 amide bonds. The van der Waals surface area contributed by atoms with Crippen molar-refractivity contribution in [2.45, 2.75) is 19.8 Å². The highest BCUT2D eigenvalue weighted by Gasteiger charge is 1.95. The molecule has 1 aromatic carbocycles. The van der Waals surface area contributed by atoms with E-state index in [-0.39, 0.29) is 0 Å². The second-order valence-corrected chi connectivity index (χ2v) is 4.06. The van der Waals surface area contributed by atoms with Crippen molar-refractivity contribution < 1.29 is 0 Å². The maximum atomic E-state index is 3.41. The molecule has 0 spiro atoms. The Morgan fingerprint density at radius 3 is 2.27 bits per heavy atom. The zero-order valence-electron chi connectivity index (χ0n) is 10.1. The van der Waals surface area contributed by atoms with E-state index in [9.17, 15) is 0 Å². The minimum atomic E-state index is 1.08. The highest BCUT2D eigenvalue weighted by molar-refractivity contribution is 5.45. The smallest absolute Gasteiger partial charge is 0.0361 e. The largest absolute Gasteiger partial charge is 0.378 e. The molecule has 0 unspecified atom stereocenters. The molecule has 0 saturated heterocycles. The highest BCUT2D eigenvalue weighted by Crippen LogP contribution is 2.12. The molecule has 0 aromatic heterocycles. The Labute approximate surface area is 93.3 Å². The van der Waals surface area contributed by atoms with Crippen molar-refractivity contribution in [3.8, 4) is 0 Å². The molecule has 15 heavy (non-hydrogen) atoms. The molecule has 1 aromatic rings. The lowest BCUT2D eigenvalue weighted by atomic mass is 10.1. The molecule has 84 valence electrons. The Morgan fingerprint density at radius 1 is 1.07 bits per heavy atom. The van der Waals surface area contributed by atoms with E-state index in [0.29, 0.717) is 0 Å². The van der Waals surface area contributed by atoms with Crippen LogP contribution in [0, 0.1) is 0 Å². The molecule has 1 rings (SSSR count). The summed E-state index contributed by atoms with van der Waals surface area (Å²) in [5.41, 5.74) is 2.67. The van der Waals surface area contributed by atoms with Gasteiger partial charge in [0.15, 0.2) is 0 Å². The van der Waals surface area contributed by atoms with E-state index in [1.807, 2.05) is 0 Å². The van der Waals surface area contributed by atoms with E-state index < -0.39 is 0 Å². The summed E-state index contributed by atoms with van der Waals surface area (Å²) >= 11 is 0. The molecule has 0 aliphatic heterocycles. The number of hydrogen-bond acceptors (Lipinski definition) is 2. The fourth-order valence-corrected chi connectivity index (χ4v) is 1.50. The first-order valence-corrected chi connectivity index (χ1v) is 5.71. The number of nitrogens with zero attached hydrogens (tertiary/aromatic N) is 1. The molecule has 0 atom stereocenters. The average molecular weight is 206 g/mol. The topological polar surface area (TPSA) is 15.3 Å². The van der Waals surface area contributed by atoms with Gasteiger partial charge in [0.25, 0.3) is 0 Å². The summed E-state index contributed by atoms with van der Waals surface area (Å²) in [5, 5.41) is 3.41. The second kappa shape index (κ2) is 6.46. The molecule has 0 aliphatic rings. The van der Waals surface area contributed by atoms with Crippen LogP contribution in [0.5, 0.6) is 0 Å². The number of rotatable bonds is 6. The SMILES string of the molecule is CCCNCCc1ccc(N(C)C)cc1. The number of benzene rings is 1. The monoisotopic (exact) mass is 206 g/mol. The van der Waals surface area contributed by atoms with Crippen LogP contribution in [0.15, 0.2) is 24.3 Å². The fourth-order valence-electron chi connectivity index (χ4n) is 1.50. The lowest BCUT2D eigenvalue weighted by Gasteiger charge is -2.12. The molecule has 0 heterocycles.